The van der Waals surface area contributed by atoms with E-state index in [9.17, 15) is 4.79 Å². The Balaban J connectivity index is 2.09. The van der Waals surface area contributed by atoms with Crippen LogP contribution in [0.3, 0.4) is 0 Å². The topological polar surface area (TPSA) is 83.0 Å². The molecule has 2 N–H and O–H groups in total. The van der Waals surface area contributed by atoms with E-state index in [2.05, 4.69) is 10.2 Å². The Morgan fingerprint density at radius 3 is 2.68 bits per heavy atom. The maximum Gasteiger partial charge on any atom is 0.316 e. The molecule has 118 valence electrons. The number of nitrogens with two attached hydrogens (primary N) is 1. The third-order valence-electron chi connectivity index (χ3n) is 2.52. The molecule has 0 amide bonds. The van der Waals surface area contributed by atoms with Crippen molar-refractivity contribution < 1.29 is 9.53 Å². The Kier molecular flexibility index (Phi) is 4.97. The molecular formula is C14H17ClN4O2S. The van der Waals surface area contributed by atoms with E-state index >= 15 is 0 Å². The summed E-state index contributed by atoms with van der Waals surface area (Å²) in [5.41, 5.74) is 0.166. The van der Waals surface area contributed by atoms with Gasteiger partial charge in [-0.3, -0.25) is 4.79 Å². The summed E-state index contributed by atoms with van der Waals surface area (Å²) < 4.78 is 6.55. The third kappa shape index (κ3) is 4.14. The zero-order valence-corrected chi connectivity index (χ0v) is 14.1. The van der Waals surface area contributed by atoms with Gasteiger partial charge in [0.15, 0.2) is 5.82 Å². The summed E-state index contributed by atoms with van der Waals surface area (Å²) >= 11 is 7.29. The van der Waals surface area contributed by atoms with E-state index in [-0.39, 0.29) is 11.7 Å². The van der Waals surface area contributed by atoms with Gasteiger partial charge in [-0.2, -0.15) is 0 Å². The van der Waals surface area contributed by atoms with Crippen LogP contribution in [0, 0.1) is 0 Å². The van der Waals surface area contributed by atoms with Crippen molar-refractivity contribution in [1.82, 2.24) is 14.9 Å². The molecule has 0 aliphatic heterocycles. The van der Waals surface area contributed by atoms with Gasteiger partial charge in [-0.1, -0.05) is 35.5 Å². The van der Waals surface area contributed by atoms with Crippen molar-refractivity contribution in [2.75, 3.05) is 11.6 Å². The SMILES string of the molecule is CC(C)(C)OC(=O)CSc1nnc(-c2ccccc2Cl)n1N. The number of aromatic nitrogens is 3. The lowest BCUT2D eigenvalue weighted by Gasteiger charge is -2.19. The van der Waals surface area contributed by atoms with Crippen LogP contribution in [0.5, 0.6) is 0 Å². The number of halogens is 1. The Labute approximate surface area is 138 Å². The number of thioether (sulfide) groups is 1. The minimum absolute atomic E-state index is 0.106. The molecule has 0 bridgehead atoms. The maximum absolute atomic E-state index is 11.7. The molecule has 0 saturated heterocycles. The predicted molar refractivity (Wildman–Crippen MR) is 87.2 cm³/mol. The van der Waals surface area contributed by atoms with Crippen LogP contribution >= 0.6 is 23.4 Å². The smallest absolute Gasteiger partial charge is 0.316 e. The summed E-state index contributed by atoms with van der Waals surface area (Å²) in [4.78, 5) is 11.7. The molecule has 0 fully saturated rings. The van der Waals surface area contributed by atoms with Crippen molar-refractivity contribution in [3.63, 3.8) is 0 Å². The summed E-state index contributed by atoms with van der Waals surface area (Å²) in [7, 11) is 0. The molecule has 8 heteroatoms. The van der Waals surface area contributed by atoms with Gasteiger partial charge in [-0.25, -0.2) is 4.68 Å². The van der Waals surface area contributed by atoms with Gasteiger partial charge >= 0.3 is 5.97 Å². The molecule has 22 heavy (non-hydrogen) atoms. The van der Waals surface area contributed by atoms with Crippen LogP contribution in [-0.2, 0) is 9.53 Å². The highest BCUT2D eigenvalue weighted by atomic mass is 35.5. The average Bonchev–Trinajstić information content (AvgIpc) is 2.76. The van der Waals surface area contributed by atoms with Crippen LogP contribution in [0.4, 0.5) is 0 Å². The fraction of sp³-hybridized carbons (Fsp3) is 0.357. The quantitative estimate of drug-likeness (QED) is 0.523. The van der Waals surface area contributed by atoms with Gasteiger partial charge in [0.1, 0.15) is 5.60 Å². The van der Waals surface area contributed by atoms with Crippen LogP contribution in [0.25, 0.3) is 11.4 Å². The highest BCUT2D eigenvalue weighted by molar-refractivity contribution is 7.99. The van der Waals surface area contributed by atoms with E-state index in [1.807, 2.05) is 32.9 Å². The molecular weight excluding hydrogens is 324 g/mol. The highest BCUT2D eigenvalue weighted by Crippen LogP contribution is 2.27. The Morgan fingerprint density at radius 2 is 2.05 bits per heavy atom. The average molecular weight is 341 g/mol. The summed E-state index contributed by atoms with van der Waals surface area (Å²) in [6, 6.07) is 7.21. The van der Waals surface area contributed by atoms with Crippen molar-refractivity contribution in [3.05, 3.63) is 29.3 Å². The Morgan fingerprint density at radius 1 is 1.36 bits per heavy atom. The maximum atomic E-state index is 11.7. The predicted octanol–water partition coefficient (Wildman–Crippen LogP) is 2.75. The number of carbonyl (C=O) groups is 1. The standard InChI is InChI=1S/C14H17ClN4O2S/c1-14(2,3)21-11(20)8-22-13-18-17-12(19(13)16)9-6-4-5-7-10(9)15/h4-7H,8,16H2,1-3H3. The second-order valence-corrected chi connectivity index (χ2v) is 6.88. The van der Waals surface area contributed by atoms with Gasteiger partial charge < -0.3 is 10.6 Å². The van der Waals surface area contributed by atoms with Crippen LogP contribution in [0.2, 0.25) is 5.02 Å². The number of benzene rings is 1. The second kappa shape index (κ2) is 6.58. The van der Waals surface area contributed by atoms with Gasteiger partial charge in [0.05, 0.1) is 10.8 Å². The monoisotopic (exact) mass is 340 g/mol. The van der Waals surface area contributed by atoms with E-state index in [4.69, 9.17) is 22.2 Å². The number of hydrogen-bond donors (Lipinski definition) is 1. The number of rotatable bonds is 4. The lowest BCUT2D eigenvalue weighted by atomic mass is 10.2. The molecule has 0 aliphatic carbocycles. The first-order chi connectivity index (χ1) is 10.3. The van der Waals surface area contributed by atoms with Crippen molar-refractivity contribution in [2.45, 2.75) is 31.5 Å². The number of hydrogen-bond acceptors (Lipinski definition) is 6. The molecule has 0 atom stereocenters. The van der Waals surface area contributed by atoms with Crippen LogP contribution in [0.15, 0.2) is 29.4 Å². The zero-order chi connectivity index (χ0) is 16.3. The van der Waals surface area contributed by atoms with Gasteiger partial charge in [0, 0.05) is 5.56 Å². The third-order valence-corrected chi connectivity index (χ3v) is 3.76. The van der Waals surface area contributed by atoms with E-state index in [1.165, 1.54) is 4.68 Å². The number of nitrogens with zero attached hydrogens (tertiary/aromatic N) is 3. The highest BCUT2D eigenvalue weighted by Gasteiger charge is 2.19. The van der Waals surface area contributed by atoms with Crippen LogP contribution in [-0.4, -0.2) is 32.2 Å². The summed E-state index contributed by atoms with van der Waals surface area (Å²) in [5, 5.41) is 8.97. The minimum atomic E-state index is -0.517. The molecule has 1 aromatic carbocycles. The van der Waals surface area contributed by atoms with Gasteiger partial charge in [0.25, 0.3) is 0 Å². The fourth-order valence-corrected chi connectivity index (χ4v) is 2.55. The first-order valence-corrected chi connectivity index (χ1v) is 7.94. The molecule has 1 aromatic heterocycles. The van der Waals surface area contributed by atoms with E-state index in [0.29, 0.717) is 21.6 Å². The Bertz CT molecular complexity index is 682. The molecule has 1 heterocycles. The number of nitrogen functional groups attached to an aromatic ring is 1. The largest absolute Gasteiger partial charge is 0.459 e. The first-order valence-electron chi connectivity index (χ1n) is 6.58. The van der Waals surface area contributed by atoms with Crippen molar-refractivity contribution >= 4 is 29.3 Å². The van der Waals surface area contributed by atoms with E-state index in [1.54, 1.807) is 12.1 Å². The van der Waals surface area contributed by atoms with Crippen molar-refractivity contribution in [3.8, 4) is 11.4 Å². The van der Waals surface area contributed by atoms with Crippen molar-refractivity contribution in [2.24, 2.45) is 0 Å². The summed E-state index contributed by atoms with van der Waals surface area (Å²) in [6.45, 7) is 5.45. The number of carbonyl (C=O) groups excluding carboxylic acids is 1. The first kappa shape index (κ1) is 16.6. The van der Waals surface area contributed by atoms with Crippen LogP contribution < -0.4 is 5.84 Å². The summed E-state index contributed by atoms with van der Waals surface area (Å²) in [6.07, 6.45) is 0. The Hall–Kier alpha value is -1.73. The normalized spacial score (nSPS) is 11.5. The zero-order valence-electron chi connectivity index (χ0n) is 12.5. The second-order valence-electron chi connectivity index (χ2n) is 5.53. The minimum Gasteiger partial charge on any atom is -0.459 e. The molecule has 2 aromatic rings. The number of ether oxygens (including phenoxy) is 1. The molecule has 6 nitrogen and oxygen atoms in total. The molecule has 0 radical (unpaired) electrons. The molecule has 0 aliphatic rings. The molecule has 0 spiro atoms. The fourth-order valence-electron chi connectivity index (χ4n) is 1.70. The molecule has 2 rings (SSSR count). The van der Waals surface area contributed by atoms with Crippen LogP contribution in [0.1, 0.15) is 20.8 Å². The van der Waals surface area contributed by atoms with Crippen molar-refractivity contribution in [1.29, 1.82) is 0 Å². The lowest BCUT2D eigenvalue weighted by molar-refractivity contribution is -0.151. The van der Waals surface area contributed by atoms with Gasteiger partial charge in [0.2, 0.25) is 5.16 Å². The van der Waals surface area contributed by atoms with E-state index in [0.717, 1.165) is 11.8 Å². The van der Waals surface area contributed by atoms with Gasteiger partial charge in [-0.15, -0.1) is 10.2 Å². The number of esters is 1. The lowest BCUT2D eigenvalue weighted by Crippen LogP contribution is -2.25. The van der Waals surface area contributed by atoms with E-state index < -0.39 is 5.60 Å². The molecule has 0 unspecified atom stereocenters. The molecule has 0 saturated carbocycles. The van der Waals surface area contributed by atoms with Gasteiger partial charge in [-0.05, 0) is 32.9 Å². The summed E-state index contributed by atoms with van der Waals surface area (Å²) in [5.74, 6) is 6.19.